The number of rotatable bonds is 7. The number of anilines is 1. The number of benzene rings is 2. The van der Waals surface area contributed by atoms with Crippen LogP contribution in [0.25, 0.3) is 0 Å². The first kappa shape index (κ1) is 17.7. The van der Waals surface area contributed by atoms with Crippen LogP contribution in [0.5, 0.6) is 11.5 Å². The van der Waals surface area contributed by atoms with Crippen molar-refractivity contribution in [1.82, 2.24) is 15.0 Å². The lowest BCUT2D eigenvalue weighted by Crippen LogP contribution is -2.24. The summed E-state index contributed by atoms with van der Waals surface area (Å²) in [6, 6.07) is 16.0. The van der Waals surface area contributed by atoms with Crippen LogP contribution in [0.4, 0.5) is 5.95 Å². The van der Waals surface area contributed by atoms with Gasteiger partial charge in [0.2, 0.25) is 5.95 Å². The van der Waals surface area contributed by atoms with Gasteiger partial charge >= 0.3 is 0 Å². The van der Waals surface area contributed by atoms with Gasteiger partial charge in [-0.25, -0.2) is 9.97 Å². The van der Waals surface area contributed by atoms with E-state index in [1.807, 2.05) is 55.5 Å². The van der Waals surface area contributed by atoms with Gasteiger partial charge in [0.1, 0.15) is 23.7 Å². The number of methoxy groups -OCH3 is 2. The number of hydrogen-bond donors (Lipinski definition) is 0. The maximum atomic E-state index is 5.23. The maximum absolute atomic E-state index is 5.23. The van der Waals surface area contributed by atoms with Gasteiger partial charge in [-0.1, -0.05) is 24.3 Å². The third-order valence-corrected chi connectivity index (χ3v) is 4.03. The highest BCUT2D eigenvalue weighted by Crippen LogP contribution is 2.19. The molecule has 0 atom stereocenters. The van der Waals surface area contributed by atoms with Crippen molar-refractivity contribution in [1.29, 1.82) is 0 Å². The average molecular weight is 350 g/mol. The molecule has 0 bridgehead atoms. The van der Waals surface area contributed by atoms with E-state index in [4.69, 9.17) is 9.47 Å². The van der Waals surface area contributed by atoms with Gasteiger partial charge in [0, 0.05) is 13.1 Å². The molecule has 3 rings (SSSR count). The van der Waals surface area contributed by atoms with E-state index in [2.05, 4.69) is 19.9 Å². The Hall–Kier alpha value is -3.15. The first-order valence-electron chi connectivity index (χ1n) is 8.34. The Bertz CT molecular complexity index is 786. The largest absolute Gasteiger partial charge is 0.497 e. The molecule has 3 aromatic rings. The molecule has 0 saturated carbocycles. The van der Waals surface area contributed by atoms with Crippen LogP contribution in [0, 0.1) is 6.92 Å². The van der Waals surface area contributed by atoms with Crippen molar-refractivity contribution >= 4 is 5.95 Å². The molecule has 0 radical (unpaired) electrons. The molecule has 0 N–H and O–H groups in total. The molecule has 1 heterocycles. The molecule has 6 heteroatoms. The highest BCUT2D eigenvalue weighted by molar-refractivity contribution is 5.37. The molecule has 0 saturated heterocycles. The fourth-order valence-corrected chi connectivity index (χ4v) is 2.62. The monoisotopic (exact) mass is 350 g/mol. The summed E-state index contributed by atoms with van der Waals surface area (Å²) in [7, 11) is 3.33. The van der Waals surface area contributed by atoms with Gasteiger partial charge < -0.3 is 14.4 Å². The molecule has 134 valence electrons. The highest BCUT2D eigenvalue weighted by atomic mass is 16.5. The summed E-state index contributed by atoms with van der Waals surface area (Å²) in [5, 5.41) is 0. The van der Waals surface area contributed by atoms with Crippen LogP contribution < -0.4 is 14.4 Å². The molecule has 2 aromatic carbocycles. The van der Waals surface area contributed by atoms with Crippen LogP contribution in [0.15, 0.2) is 54.9 Å². The molecule has 0 fully saturated rings. The van der Waals surface area contributed by atoms with Crippen molar-refractivity contribution in [3.8, 4) is 11.5 Å². The number of ether oxygens (including phenoxy) is 2. The second kappa shape index (κ2) is 8.29. The fraction of sp³-hybridized carbons (Fsp3) is 0.250. The second-order valence-corrected chi connectivity index (χ2v) is 5.88. The molecule has 0 unspecified atom stereocenters. The van der Waals surface area contributed by atoms with Crippen LogP contribution in [0.2, 0.25) is 0 Å². The second-order valence-electron chi connectivity index (χ2n) is 5.88. The predicted octanol–water partition coefficient (Wildman–Crippen LogP) is 3.40. The quantitative estimate of drug-likeness (QED) is 0.651. The molecule has 26 heavy (non-hydrogen) atoms. The summed E-state index contributed by atoms with van der Waals surface area (Å²) >= 11 is 0. The Morgan fingerprint density at radius 1 is 0.769 bits per heavy atom. The number of aromatic nitrogens is 3. The summed E-state index contributed by atoms with van der Waals surface area (Å²) in [6.45, 7) is 3.23. The molecular formula is C20H22N4O2. The van der Waals surface area contributed by atoms with E-state index < -0.39 is 0 Å². The van der Waals surface area contributed by atoms with E-state index in [-0.39, 0.29) is 0 Å². The normalized spacial score (nSPS) is 10.4. The van der Waals surface area contributed by atoms with Crippen LogP contribution in [-0.4, -0.2) is 29.2 Å². The lowest BCUT2D eigenvalue weighted by Gasteiger charge is -2.23. The topological polar surface area (TPSA) is 60.4 Å². The van der Waals surface area contributed by atoms with Crippen molar-refractivity contribution in [2.24, 2.45) is 0 Å². The predicted molar refractivity (Wildman–Crippen MR) is 100 cm³/mol. The summed E-state index contributed by atoms with van der Waals surface area (Å²) in [4.78, 5) is 15.1. The zero-order valence-electron chi connectivity index (χ0n) is 15.2. The summed E-state index contributed by atoms with van der Waals surface area (Å²) < 4.78 is 10.5. The van der Waals surface area contributed by atoms with E-state index in [1.54, 1.807) is 20.5 Å². The van der Waals surface area contributed by atoms with Gasteiger partial charge in [-0.15, -0.1) is 0 Å². The Labute approximate surface area is 153 Å². The first-order valence-corrected chi connectivity index (χ1v) is 8.34. The zero-order valence-corrected chi connectivity index (χ0v) is 15.2. The van der Waals surface area contributed by atoms with Gasteiger partial charge in [0.25, 0.3) is 0 Å². The summed E-state index contributed by atoms with van der Waals surface area (Å²) in [6.07, 6.45) is 1.55. The molecule has 0 aliphatic rings. The van der Waals surface area contributed by atoms with Crippen LogP contribution >= 0.6 is 0 Å². The Kier molecular flexibility index (Phi) is 5.63. The van der Waals surface area contributed by atoms with E-state index in [1.165, 1.54) is 0 Å². The minimum absolute atomic E-state index is 0.657. The standard InChI is InChI=1S/C20H22N4O2/c1-15-21-14-22-20(23-15)24(12-16-4-8-18(25-2)9-5-16)13-17-6-10-19(26-3)11-7-17/h4-11,14H,12-13H2,1-3H3. The summed E-state index contributed by atoms with van der Waals surface area (Å²) in [5.74, 6) is 3.03. The minimum Gasteiger partial charge on any atom is -0.497 e. The Balaban J connectivity index is 1.84. The molecule has 0 amide bonds. The van der Waals surface area contributed by atoms with Crippen molar-refractivity contribution in [3.63, 3.8) is 0 Å². The van der Waals surface area contributed by atoms with Crippen molar-refractivity contribution in [2.45, 2.75) is 20.0 Å². The minimum atomic E-state index is 0.657. The highest BCUT2D eigenvalue weighted by Gasteiger charge is 2.12. The molecule has 0 aliphatic carbocycles. The first-order chi connectivity index (χ1) is 12.7. The molecule has 0 aliphatic heterocycles. The number of hydrogen-bond acceptors (Lipinski definition) is 6. The van der Waals surface area contributed by atoms with Crippen molar-refractivity contribution in [2.75, 3.05) is 19.1 Å². The SMILES string of the molecule is COc1ccc(CN(Cc2ccc(OC)cc2)c2ncnc(C)n2)cc1. The fourth-order valence-electron chi connectivity index (χ4n) is 2.62. The van der Waals surface area contributed by atoms with E-state index in [9.17, 15) is 0 Å². The van der Waals surface area contributed by atoms with Crippen LogP contribution in [0.1, 0.15) is 17.0 Å². The zero-order chi connectivity index (χ0) is 18.4. The number of nitrogens with zero attached hydrogens (tertiary/aromatic N) is 4. The Morgan fingerprint density at radius 3 is 1.69 bits per heavy atom. The molecule has 0 spiro atoms. The average Bonchev–Trinajstić information content (AvgIpc) is 2.68. The van der Waals surface area contributed by atoms with Gasteiger partial charge in [-0.05, 0) is 42.3 Å². The lowest BCUT2D eigenvalue weighted by molar-refractivity contribution is 0.414. The smallest absolute Gasteiger partial charge is 0.229 e. The van der Waals surface area contributed by atoms with Gasteiger partial charge in [0.15, 0.2) is 0 Å². The molecule has 6 nitrogen and oxygen atoms in total. The molecular weight excluding hydrogens is 328 g/mol. The van der Waals surface area contributed by atoms with Crippen LogP contribution in [0.3, 0.4) is 0 Å². The maximum Gasteiger partial charge on any atom is 0.229 e. The van der Waals surface area contributed by atoms with E-state index >= 15 is 0 Å². The third-order valence-electron chi connectivity index (χ3n) is 4.03. The van der Waals surface area contributed by atoms with Crippen molar-refractivity contribution < 1.29 is 9.47 Å². The van der Waals surface area contributed by atoms with Gasteiger partial charge in [0.05, 0.1) is 14.2 Å². The number of aryl methyl sites for hydroxylation is 1. The van der Waals surface area contributed by atoms with E-state index in [0.717, 1.165) is 22.6 Å². The Morgan fingerprint density at radius 2 is 1.27 bits per heavy atom. The third kappa shape index (κ3) is 4.47. The summed E-state index contributed by atoms with van der Waals surface area (Å²) in [5.41, 5.74) is 2.30. The van der Waals surface area contributed by atoms with Gasteiger partial charge in [-0.2, -0.15) is 4.98 Å². The van der Waals surface area contributed by atoms with Crippen molar-refractivity contribution in [3.05, 3.63) is 71.8 Å². The van der Waals surface area contributed by atoms with Crippen LogP contribution in [-0.2, 0) is 13.1 Å². The van der Waals surface area contributed by atoms with Gasteiger partial charge in [-0.3, -0.25) is 0 Å². The van der Waals surface area contributed by atoms with E-state index in [0.29, 0.717) is 24.9 Å². The molecule has 1 aromatic heterocycles. The lowest BCUT2D eigenvalue weighted by atomic mass is 10.1.